The van der Waals surface area contributed by atoms with Crippen molar-refractivity contribution in [3.63, 3.8) is 0 Å². The van der Waals surface area contributed by atoms with Crippen molar-refractivity contribution in [2.45, 2.75) is 26.5 Å². The molecule has 0 atom stereocenters. The number of likely N-dealkylation sites (N-methyl/N-ethyl adjacent to an activating group) is 1. The summed E-state index contributed by atoms with van der Waals surface area (Å²) in [6.45, 7) is 5.75. The predicted molar refractivity (Wildman–Crippen MR) is 65.6 cm³/mol. The van der Waals surface area contributed by atoms with Crippen LogP contribution in [0.15, 0.2) is 24.3 Å². The van der Waals surface area contributed by atoms with Gasteiger partial charge in [-0.3, -0.25) is 4.90 Å². The van der Waals surface area contributed by atoms with Gasteiger partial charge < -0.3 is 9.84 Å². The Morgan fingerprint density at radius 1 is 1.38 bits per heavy atom. The molecule has 3 nitrogen and oxygen atoms in total. The predicted octanol–water partition coefficient (Wildman–Crippen LogP) is 1.90. The summed E-state index contributed by atoms with van der Waals surface area (Å²) in [5.74, 6) is 0.907. The van der Waals surface area contributed by atoms with Crippen molar-refractivity contribution < 1.29 is 9.84 Å². The largest absolute Gasteiger partial charge is 0.491 e. The van der Waals surface area contributed by atoms with Gasteiger partial charge >= 0.3 is 0 Å². The molecule has 0 aliphatic heterocycles. The van der Waals surface area contributed by atoms with Crippen LogP contribution in [0.2, 0.25) is 0 Å². The Morgan fingerprint density at radius 3 is 2.75 bits per heavy atom. The maximum atomic E-state index is 8.82. The first-order valence-electron chi connectivity index (χ1n) is 5.67. The fourth-order valence-corrected chi connectivity index (χ4v) is 1.55. The minimum atomic E-state index is 0.193. The van der Waals surface area contributed by atoms with Crippen LogP contribution >= 0.6 is 0 Å². The van der Waals surface area contributed by atoms with E-state index < -0.39 is 0 Å². The molecule has 0 saturated heterocycles. The first-order chi connectivity index (χ1) is 7.61. The highest BCUT2D eigenvalue weighted by Gasteiger charge is 2.02. The Labute approximate surface area is 97.7 Å². The average Bonchev–Trinajstić information content (AvgIpc) is 2.17. The van der Waals surface area contributed by atoms with Gasteiger partial charge in [-0.1, -0.05) is 12.1 Å². The van der Waals surface area contributed by atoms with Crippen LogP contribution in [0.5, 0.6) is 5.75 Å². The Hall–Kier alpha value is -1.06. The maximum Gasteiger partial charge on any atom is 0.120 e. The number of hydrogen-bond acceptors (Lipinski definition) is 3. The third-order valence-corrected chi connectivity index (χ3v) is 2.20. The molecule has 1 aromatic carbocycles. The van der Waals surface area contributed by atoms with Crippen molar-refractivity contribution in [2.75, 3.05) is 20.2 Å². The molecule has 0 unspecified atom stereocenters. The molecule has 0 fully saturated rings. The van der Waals surface area contributed by atoms with Crippen LogP contribution in [-0.4, -0.2) is 36.3 Å². The first-order valence-corrected chi connectivity index (χ1v) is 5.67. The van der Waals surface area contributed by atoms with E-state index in [4.69, 9.17) is 9.84 Å². The van der Waals surface area contributed by atoms with Crippen molar-refractivity contribution in [1.82, 2.24) is 4.90 Å². The molecule has 90 valence electrons. The highest BCUT2D eigenvalue weighted by atomic mass is 16.5. The molecule has 1 rings (SSSR count). The number of hydrogen-bond donors (Lipinski definition) is 1. The van der Waals surface area contributed by atoms with Crippen molar-refractivity contribution in [3.8, 4) is 5.75 Å². The molecule has 16 heavy (non-hydrogen) atoms. The second kappa shape index (κ2) is 6.51. The lowest BCUT2D eigenvalue weighted by molar-refractivity contribution is 0.216. The molecule has 0 aliphatic carbocycles. The summed E-state index contributed by atoms with van der Waals surface area (Å²) in [4.78, 5) is 2.08. The average molecular weight is 223 g/mol. The molecule has 3 heteroatoms. The summed E-state index contributed by atoms with van der Waals surface area (Å²) in [7, 11) is 1.99. The van der Waals surface area contributed by atoms with Gasteiger partial charge in [0.2, 0.25) is 0 Å². The summed E-state index contributed by atoms with van der Waals surface area (Å²) in [5, 5.41) is 8.82. The van der Waals surface area contributed by atoms with Crippen LogP contribution in [0.4, 0.5) is 0 Å². The zero-order valence-corrected chi connectivity index (χ0v) is 10.3. The fraction of sp³-hybridized carbons (Fsp3) is 0.538. The molecule has 1 aromatic rings. The van der Waals surface area contributed by atoms with Gasteiger partial charge in [-0.25, -0.2) is 0 Å². The van der Waals surface area contributed by atoms with Crippen LogP contribution in [-0.2, 0) is 6.54 Å². The summed E-state index contributed by atoms with van der Waals surface area (Å²) >= 11 is 0. The lowest BCUT2D eigenvalue weighted by Crippen LogP contribution is -2.21. The van der Waals surface area contributed by atoms with Gasteiger partial charge in [0.05, 0.1) is 12.7 Å². The molecule has 0 amide bonds. The first kappa shape index (κ1) is 13.0. The van der Waals surface area contributed by atoms with E-state index in [-0.39, 0.29) is 12.7 Å². The van der Waals surface area contributed by atoms with Gasteiger partial charge in [0.25, 0.3) is 0 Å². The van der Waals surface area contributed by atoms with E-state index in [1.807, 2.05) is 39.1 Å². The maximum absolute atomic E-state index is 8.82. The number of benzene rings is 1. The van der Waals surface area contributed by atoms with Crippen molar-refractivity contribution in [2.24, 2.45) is 0 Å². The molecule has 0 spiro atoms. The SMILES string of the molecule is CC(C)Oc1cccc(CN(C)CCO)c1. The monoisotopic (exact) mass is 223 g/mol. The molecule has 0 heterocycles. The van der Waals surface area contributed by atoms with Crippen LogP contribution in [0.1, 0.15) is 19.4 Å². The number of aliphatic hydroxyl groups excluding tert-OH is 1. The van der Waals surface area contributed by atoms with Crippen molar-refractivity contribution in [3.05, 3.63) is 29.8 Å². The van der Waals surface area contributed by atoms with Crippen LogP contribution in [0.3, 0.4) is 0 Å². The minimum Gasteiger partial charge on any atom is -0.491 e. The lowest BCUT2D eigenvalue weighted by Gasteiger charge is -2.16. The molecular weight excluding hydrogens is 202 g/mol. The fourth-order valence-electron chi connectivity index (χ4n) is 1.55. The quantitative estimate of drug-likeness (QED) is 0.799. The minimum absolute atomic E-state index is 0.193. The van der Waals surface area contributed by atoms with E-state index in [0.29, 0.717) is 6.54 Å². The van der Waals surface area contributed by atoms with Crippen LogP contribution < -0.4 is 4.74 Å². The van der Waals surface area contributed by atoms with Gasteiger partial charge in [0.15, 0.2) is 0 Å². The van der Waals surface area contributed by atoms with E-state index in [2.05, 4.69) is 11.0 Å². The Balaban J connectivity index is 2.59. The van der Waals surface area contributed by atoms with Gasteiger partial charge in [0.1, 0.15) is 5.75 Å². The zero-order chi connectivity index (χ0) is 12.0. The van der Waals surface area contributed by atoms with Crippen molar-refractivity contribution in [1.29, 1.82) is 0 Å². The van der Waals surface area contributed by atoms with E-state index in [0.717, 1.165) is 12.3 Å². The molecule has 0 aromatic heterocycles. The number of aliphatic hydroxyl groups is 1. The van der Waals surface area contributed by atoms with Crippen LogP contribution in [0, 0.1) is 0 Å². The smallest absolute Gasteiger partial charge is 0.120 e. The molecule has 0 aliphatic rings. The number of ether oxygens (including phenoxy) is 1. The second-order valence-electron chi connectivity index (χ2n) is 4.28. The van der Waals surface area contributed by atoms with Crippen molar-refractivity contribution >= 4 is 0 Å². The number of rotatable bonds is 6. The highest BCUT2D eigenvalue weighted by molar-refractivity contribution is 5.28. The normalized spacial score (nSPS) is 11.1. The van der Waals surface area contributed by atoms with Gasteiger partial charge in [0, 0.05) is 13.1 Å². The zero-order valence-electron chi connectivity index (χ0n) is 10.3. The lowest BCUT2D eigenvalue weighted by atomic mass is 10.2. The molecule has 0 bridgehead atoms. The summed E-state index contributed by atoms with van der Waals surface area (Å²) in [6.07, 6.45) is 0.199. The summed E-state index contributed by atoms with van der Waals surface area (Å²) < 4.78 is 5.63. The summed E-state index contributed by atoms with van der Waals surface area (Å²) in [6, 6.07) is 8.09. The van der Waals surface area contributed by atoms with E-state index in [9.17, 15) is 0 Å². The third-order valence-electron chi connectivity index (χ3n) is 2.20. The standard InChI is InChI=1S/C13H21NO2/c1-11(2)16-13-6-4-5-12(9-13)10-14(3)7-8-15/h4-6,9,11,15H,7-8,10H2,1-3H3. The third kappa shape index (κ3) is 4.64. The Bertz CT molecular complexity index is 313. The Morgan fingerprint density at radius 2 is 2.12 bits per heavy atom. The van der Waals surface area contributed by atoms with E-state index >= 15 is 0 Å². The Kier molecular flexibility index (Phi) is 5.29. The molecule has 1 N–H and O–H groups in total. The molecule has 0 saturated carbocycles. The van der Waals surface area contributed by atoms with Gasteiger partial charge in [-0.15, -0.1) is 0 Å². The second-order valence-corrected chi connectivity index (χ2v) is 4.28. The van der Waals surface area contributed by atoms with Gasteiger partial charge in [-0.05, 0) is 38.6 Å². The molecule has 0 radical (unpaired) electrons. The van der Waals surface area contributed by atoms with Crippen LogP contribution in [0.25, 0.3) is 0 Å². The van der Waals surface area contributed by atoms with Gasteiger partial charge in [-0.2, -0.15) is 0 Å². The van der Waals surface area contributed by atoms with E-state index in [1.54, 1.807) is 0 Å². The topological polar surface area (TPSA) is 32.7 Å². The van der Waals surface area contributed by atoms with E-state index in [1.165, 1.54) is 5.56 Å². The molecular formula is C13H21NO2. The number of nitrogens with zero attached hydrogens (tertiary/aromatic N) is 1. The summed E-state index contributed by atoms with van der Waals surface area (Å²) in [5.41, 5.74) is 1.20. The highest BCUT2D eigenvalue weighted by Crippen LogP contribution is 2.15.